The van der Waals surface area contributed by atoms with Crippen molar-refractivity contribution in [2.75, 3.05) is 11.9 Å². The molecule has 3 aromatic rings. The van der Waals surface area contributed by atoms with E-state index >= 15 is 0 Å². The zero-order valence-corrected chi connectivity index (χ0v) is 19.4. The van der Waals surface area contributed by atoms with E-state index in [1.54, 1.807) is 12.1 Å². The van der Waals surface area contributed by atoms with Crippen LogP contribution in [0, 0.1) is 0 Å². The molecule has 2 aromatic heterocycles. The Morgan fingerprint density at radius 1 is 1.18 bits per heavy atom. The number of fused-ring (bicyclic) bond motifs is 2. The molecule has 1 saturated carbocycles. The van der Waals surface area contributed by atoms with E-state index in [1.807, 2.05) is 18.2 Å². The molecule has 3 N–H and O–H groups in total. The first kappa shape index (κ1) is 22.8. The summed E-state index contributed by atoms with van der Waals surface area (Å²) in [7, 11) is 0. The smallest absolute Gasteiger partial charge is 0.336 e. The van der Waals surface area contributed by atoms with Gasteiger partial charge in [0.25, 0.3) is 5.91 Å². The highest BCUT2D eigenvalue weighted by molar-refractivity contribution is 6.31. The maximum absolute atomic E-state index is 11.7. The van der Waals surface area contributed by atoms with Crippen molar-refractivity contribution in [1.29, 1.82) is 0 Å². The lowest BCUT2D eigenvalue weighted by atomic mass is 9.78. The van der Waals surface area contributed by atoms with E-state index in [1.165, 1.54) is 6.07 Å². The highest BCUT2D eigenvalue weighted by Crippen LogP contribution is 2.34. The lowest BCUT2D eigenvalue weighted by Gasteiger charge is -2.36. The van der Waals surface area contributed by atoms with Crippen LogP contribution in [-0.2, 0) is 17.8 Å². The Balaban J connectivity index is 1.16. The van der Waals surface area contributed by atoms with Crippen molar-refractivity contribution in [3.8, 4) is 5.75 Å². The van der Waals surface area contributed by atoms with Gasteiger partial charge in [-0.2, -0.15) is 0 Å². The Kier molecular flexibility index (Phi) is 6.29. The summed E-state index contributed by atoms with van der Waals surface area (Å²) in [6.07, 6.45) is 4.17. The van der Waals surface area contributed by atoms with Gasteiger partial charge in [0.2, 0.25) is 0 Å². The molecule has 1 amide bonds. The normalized spacial score (nSPS) is 22.2. The average Bonchev–Trinajstić information content (AvgIpc) is 2.82. The third-order valence-electron chi connectivity index (χ3n) is 6.64. The Bertz CT molecular complexity index is 1280. The van der Waals surface area contributed by atoms with Crippen molar-refractivity contribution in [2.45, 2.75) is 56.7 Å². The van der Waals surface area contributed by atoms with Crippen LogP contribution in [0.15, 0.2) is 45.6 Å². The van der Waals surface area contributed by atoms with E-state index in [9.17, 15) is 14.7 Å². The Hall–Kier alpha value is -2.94. The van der Waals surface area contributed by atoms with Crippen LogP contribution in [0.25, 0.3) is 11.0 Å². The number of nitrogens with one attached hydrogen (secondary N) is 2. The molecule has 9 heteroatoms. The number of rotatable bonds is 6. The molecule has 0 spiro atoms. The first-order chi connectivity index (χ1) is 16.4. The number of aryl methyl sites for hydroxylation is 1. The van der Waals surface area contributed by atoms with Gasteiger partial charge in [0.1, 0.15) is 5.58 Å². The van der Waals surface area contributed by atoms with Gasteiger partial charge < -0.3 is 24.9 Å². The number of pyridine rings is 1. The number of carbonyl (C=O) groups is 1. The van der Waals surface area contributed by atoms with Gasteiger partial charge in [0.15, 0.2) is 18.2 Å². The molecule has 3 heterocycles. The molecule has 178 valence electrons. The third kappa shape index (κ3) is 5.09. The number of halogens is 1. The number of anilines is 1. The topological polar surface area (TPSA) is 114 Å². The minimum absolute atomic E-state index is 0.0131. The molecule has 0 radical (unpaired) electrons. The highest BCUT2D eigenvalue weighted by Gasteiger charge is 2.33. The van der Waals surface area contributed by atoms with E-state index in [2.05, 4.69) is 15.6 Å². The fraction of sp³-hybridized carbons (Fsp3) is 0.400. The van der Waals surface area contributed by atoms with Crippen molar-refractivity contribution in [3.63, 3.8) is 0 Å². The molecule has 1 aromatic carbocycles. The maximum Gasteiger partial charge on any atom is 0.336 e. The van der Waals surface area contributed by atoms with Crippen molar-refractivity contribution in [2.24, 2.45) is 0 Å². The summed E-state index contributed by atoms with van der Waals surface area (Å²) >= 11 is 6.25. The predicted molar refractivity (Wildman–Crippen MR) is 128 cm³/mol. The molecular weight excluding hydrogens is 458 g/mol. The van der Waals surface area contributed by atoms with Gasteiger partial charge in [-0.05, 0) is 74.4 Å². The van der Waals surface area contributed by atoms with Gasteiger partial charge in [-0.1, -0.05) is 11.6 Å². The number of ether oxygens (including phenoxy) is 1. The van der Waals surface area contributed by atoms with Gasteiger partial charge in [-0.25, -0.2) is 9.78 Å². The fourth-order valence-electron chi connectivity index (χ4n) is 4.73. The van der Waals surface area contributed by atoms with Crippen molar-refractivity contribution in [1.82, 2.24) is 10.3 Å². The summed E-state index contributed by atoms with van der Waals surface area (Å²) in [5, 5.41) is 18.8. The average molecular weight is 484 g/mol. The minimum atomic E-state index is -0.770. The lowest BCUT2D eigenvalue weighted by molar-refractivity contribution is -0.118. The summed E-state index contributed by atoms with van der Waals surface area (Å²) in [4.78, 5) is 27.7. The van der Waals surface area contributed by atoms with Crippen molar-refractivity contribution >= 4 is 34.3 Å². The molecule has 1 aliphatic carbocycles. The van der Waals surface area contributed by atoms with Crippen LogP contribution in [0.5, 0.6) is 5.75 Å². The van der Waals surface area contributed by atoms with E-state index in [-0.39, 0.29) is 18.6 Å². The fourth-order valence-corrected chi connectivity index (χ4v) is 4.98. The van der Waals surface area contributed by atoms with Crippen LogP contribution in [0.1, 0.15) is 43.4 Å². The zero-order valence-electron chi connectivity index (χ0n) is 18.6. The van der Waals surface area contributed by atoms with E-state index in [0.717, 1.165) is 29.5 Å². The van der Waals surface area contributed by atoms with Gasteiger partial charge >= 0.3 is 5.63 Å². The summed E-state index contributed by atoms with van der Waals surface area (Å²) in [5.41, 5.74) is 1.02. The molecule has 0 saturated heterocycles. The molecule has 1 fully saturated rings. The standard InChI is InChI=1S/C25H26ClN3O5/c26-17-11-15-1-4-22(31)34-23(15)16(12-17)5-8-25(32)9-6-18(7-10-25)27-13-19-2-3-20-24(28-19)29-21(30)14-33-20/h1-4,11-12,18,27,32H,5-10,13-14H2,(H,28,29,30). The Morgan fingerprint density at radius 3 is 2.82 bits per heavy atom. The largest absolute Gasteiger partial charge is 0.480 e. The summed E-state index contributed by atoms with van der Waals surface area (Å²) in [6, 6.07) is 10.6. The summed E-state index contributed by atoms with van der Waals surface area (Å²) in [6.45, 7) is 0.582. The van der Waals surface area contributed by atoms with Gasteiger partial charge in [0.05, 0.1) is 11.3 Å². The summed E-state index contributed by atoms with van der Waals surface area (Å²) < 4.78 is 10.8. The van der Waals surface area contributed by atoms with E-state index in [0.29, 0.717) is 54.4 Å². The zero-order chi connectivity index (χ0) is 23.7. The van der Waals surface area contributed by atoms with Crippen LogP contribution in [0.4, 0.5) is 5.82 Å². The predicted octanol–water partition coefficient (Wildman–Crippen LogP) is 3.57. The second-order valence-electron chi connectivity index (χ2n) is 9.10. The number of nitrogens with zero attached hydrogens (tertiary/aromatic N) is 1. The first-order valence-corrected chi connectivity index (χ1v) is 11.9. The molecule has 5 rings (SSSR count). The van der Waals surface area contributed by atoms with E-state index in [4.69, 9.17) is 20.8 Å². The van der Waals surface area contributed by atoms with Crippen molar-refractivity contribution in [3.05, 3.63) is 63.1 Å². The third-order valence-corrected chi connectivity index (χ3v) is 6.86. The minimum Gasteiger partial charge on any atom is -0.480 e. The Labute approximate surface area is 201 Å². The number of aliphatic hydroxyl groups is 1. The number of aromatic nitrogens is 1. The second kappa shape index (κ2) is 9.37. The van der Waals surface area contributed by atoms with Crippen LogP contribution in [-0.4, -0.2) is 34.2 Å². The van der Waals surface area contributed by atoms with Crippen LogP contribution in [0.2, 0.25) is 5.02 Å². The van der Waals surface area contributed by atoms with Gasteiger partial charge in [0, 0.05) is 29.1 Å². The molecule has 2 aliphatic rings. The first-order valence-electron chi connectivity index (χ1n) is 11.5. The van der Waals surface area contributed by atoms with Crippen LogP contribution < -0.4 is 21.0 Å². The monoisotopic (exact) mass is 483 g/mol. The molecule has 0 unspecified atom stereocenters. The molecule has 34 heavy (non-hydrogen) atoms. The van der Waals surface area contributed by atoms with Gasteiger partial charge in [-0.3, -0.25) is 4.79 Å². The van der Waals surface area contributed by atoms with E-state index < -0.39 is 11.2 Å². The number of hydrogen-bond donors (Lipinski definition) is 3. The highest BCUT2D eigenvalue weighted by atomic mass is 35.5. The maximum atomic E-state index is 11.7. The van der Waals surface area contributed by atoms with Crippen LogP contribution >= 0.6 is 11.6 Å². The summed E-state index contributed by atoms with van der Waals surface area (Å²) in [5.74, 6) is 0.834. The lowest BCUT2D eigenvalue weighted by Crippen LogP contribution is -2.41. The molecule has 0 atom stereocenters. The Morgan fingerprint density at radius 2 is 2.00 bits per heavy atom. The molecule has 1 aliphatic heterocycles. The van der Waals surface area contributed by atoms with Crippen LogP contribution in [0.3, 0.4) is 0 Å². The molecule has 8 nitrogen and oxygen atoms in total. The quantitative estimate of drug-likeness (QED) is 0.459. The number of carbonyl (C=O) groups excluding carboxylic acids is 1. The SMILES string of the molecule is O=C1COc2ccc(CNC3CCC(O)(CCc4cc(Cl)cc5ccc(=O)oc45)CC3)nc2N1. The number of amides is 1. The number of benzene rings is 1. The number of hydrogen-bond acceptors (Lipinski definition) is 7. The van der Waals surface area contributed by atoms with Crippen molar-refractivity contribution < 1.29 is 19.1 Å². The van der Waals surface area contributed by atoms with Gasteiger partial charge in [-0.15, -0.1) is 0 Å². The molecular formula is C25H26ClN3O5. The second-order valence-corrected chi connectivity index (χ2v) is 9.54. The molecule has 0 bridgehead atoms.